The summed E-state index contributed by atoms with van der Waals surface area (Å²) in [7, 11) is 3.90. The molecule has 128 valence electrons. The molecule has 0 aromatic heterocycles. The largest absolute Gasteiger partial charge is 0.375 e. The third-order valence-electron chi connectivity index (χ3n) is 4.43. The van der Waals surface area contributed by atoms with Crippen LogP contribution in [0.5, 0.6) is 0 Å². The predicted molar refractivity (Wildman–Crippen MR) is 95.5 cm³/mol. The van der Waals surface area contributed by atoms with Crippen LogP contribution in [-0.4, -0.2) is 50.4 Å². The second kappa shape index (κ2) is 8.40. The molecule has 2 aromatic rings. The molecule has 2 aromatic carbocycles. The molecule has 0 N–H and O–H groups in total. The van der Waals surface area contributed by atoms with Crippen LogP contribution in [0.1, 0.15) is 23.3 Å². The fraction of sp³-hybridized carbons (Fsp3) is 0.400. The van der Waals surface area contributed by atoms with E-state index in [1.54, 1.807) is 7.11 Å². The summed E-state index contributed by atoms with van der Waals surface area (Å²) < 4.78 is 11.6. The molecule has 0 radical (unpaired) electrons. The fourth-order valence-corrected chi connectivity index (χ4v) is 3.17. The summed E-state index contributed by atoms with van der Waals surface area (Å²) >= 11 is 0. The minimum absolute atomic E-state index is 0.0876. The van der Waals surface area contributed by atoms with Crippen molar-refractivity contribution in [2.75, 3.05) is 40.6 Å². The number of likely N-dealkylation sites (N-methyl/N-ethyl adjacent to an activating group) is 1. The number of rotatable bonds is 7. The molecule has 2 atom stereocenters. The van der Waals surface area contributed by atoms with E-state index >= 15 is 0 Å². The van der Waals surface area contributed by atoms with Gasteiger partial charge < -0.3 is 9.47 Å². The van der Waals surface area contributed by atoms with Gasteiger partial charge in [-0.15, -0.1) is 0 Å². The van der Waals surface area contributed by atoms with Crippen molar-refractivity contribution < 1.29 is 9.47 Å². The second-order valence-electron chi connectivity index (χ2n) is 6.36. The first-order chi connectivity index (χ1) is 11.8. The van der Waals surface area contributed by atoms with Crippen LogP contribution >= 0.6 is 0 Å². The number of hydrogen-bond acceptors (Lipinski definition) is 4. The van der Waals surface area contributed by atoms with Crippen LogP contribution in [0.15, 0.2) is 60.7 Å². The van der Waals surface area contributed by atoms with E-state index in [1.807, 2.05) is 12.1 Å². The van der Waals surface area contributed by atoms with E-state index < -0.39 is 0 Å². The molecule has 4 heteroatoms. The van der Waals surface area contributed by atoms with E-state index in [0.717, 1.165) is 19.8 Å². The Balaban J connectivity index is 1.51. The van der Waals surface area contributed by atoms with E-state index in [0.29, 0.717) is 6.73 Å². The number of hydrogen-bond donors (Lipinski definition) is 0. The van der Waals surface area contributed by atoms with Gasteiger partial charge in [0.05, 0.1) is 18.9 Å². The van der Waals surface area contributed by atoms with Gasteiger partial charge in [-0.1, -0.05) is 60.7 Å². The Hall–Kier alpha value is -1.72. The smallest absolute Gasteiger partial charge is 0.101 e. The Bertz CT molecular complexity index is 606. The lowest BCUT2D eigenvalue weighted by Crippen LogP contribution is -2.36. The third-order valence-corrected chi connectivity index (χ3v) is 4.43. The first-order valence-corrected chi connectivity index (χ1v) is 8.41. The maximum atomic E-state index is 5.94. The van der Waals surface area contributed by atoms with Crippen molar-refractivity contribution in [3.63, 3.8) is 0 Å². The van der Waals surface area contributed by atoms with E-state index in [9.17, 15) is 0 Å². The van der Waals surface area contributed by atoms with Crippen molar-refractivity contribution in [1.82, 2.24) is 9.80 Å². The van der Waals surface area contributed by atoms with E-state index in [4.69, 9.17) is 9.47 Å². The highest BCUT2D eigenvalue weighted by Gasteiger charge is 2.25. The first kappa shape index (κ1) is 17.1. The van der Waals surface area contributed by atoms with Crippen LogP contribution in [0, 0.1) is 0 Å². The molecule has 1 aliphatic heterocycles. The van der Waals surface area contributed by atoms with Gasteiger partial charge in [0.25, 0.3) is 0 Å². The molecular formula is C20H26N2O2. The van der Waals surface area contributed by atoms with Crippen LogP contribution < -0.4 is 0 Å². The molecule has 0 amide bonds. The molecule has 1 heterocycles. The zero-order valence-corrected chi connectivity index (χ0v) is 14.5. The van der Waals surface area contributed by atoms with Gasteiger partial charge in [0.2, 0.25) is 0 Å². The number of ether oxygens (including phenoxy) is 2. The van der Waals surface area contributed by atoms with E-state index in [1.165, 1.54) is 11.1 Å². The maximum absolute atomic E-state index is 5.94. The average molecular weight is 326 g/mol. The van der Waals surface area contributed by atoms with Crippen LogP contribution in [0.4, 0.5) is 0 Å². The highest BCUT2D eigenvalue weighted by atomic mass is 16.5. The molecule has 24 heavy (non-hydrogen) atoms. The summed E-state index contributed by atoms with van der Waals surface area (Å²) in [5.74, 6) is 0. The molecular weight excluding hydrogens is 300 g/mol. The Kier molecular flexibility index (Phi) is 5.99. The molecule has 0 aliphatic carbocycles. The topological polar surface area (TPSA) is 24.9 Å². The van der Waals surface area contributed by atoms with Gasteiger partial charge in [-0.2, -0.15) is 0 Å². The van der Waals surface area contributed by atoms with Crippen LogP contribution in [-0.2, 0) is 9.47 Å². The molecule has 3 rings (SSSR count). The van der Waals surface area contributed by atoms with Crippen molar-refractivity contribution in [3.8, 4) is 0 Å². The van der Waals surface area contributed by atoms with E-state index in [2.05, 4.69) is 65.4 Å². The van der Waals surface area contributed by atoms with Crippen molar-refractivity contribution in [3.05, 3.63) is 71.8 Å². The quantitative estimate of drug-likeness (QED) is 0.779. The van der Waals surface area contributed by atoms with Gasteiger partial charge >= 0.3 is 0 Å². The number of methoxy groups -OCH3 is 1. The third kappa shape index (κ3) is 4.42. The zero-order valence-electron chi connectivity index (χ0n) is 14.5. The zero-order chi connectivity index (χ0) is 16.8. The van der Waals surface area contributed by atoms with Crippen molar-refractivity contribution in [1.29, 1.82) is 0 Å². The minimum atomic E-state index is 0.0876. The van der Waals surface area contributed by atoms with Gasteiger partial charge in [0.15, 0.2) is 0 Å². The summed E-state index contributed by atoms with van der Waals surface area (Å²) in [6, 6.07) is 20.8. The molecule has 0 saturated carbocycles. The standard InChI is InChI=1S/C20H26N2O2/c1-21(13-19(23-2)17-9-5-3-6-10-17)15-22-14-20(24-16-22)18-11-7-4-8-12-18/h3-12,19-20H,13-16H2,1-2H3. The first-order valence-electron chi connectivity index (χ1n) is 8.41. The molecule has 1 aliphatic rings. The normalized spacial score (nSPS) is 19.7. The minimum Gasteiger partial charge on any atom is -0.375 e. The highest BCUT2D eigenvalue weighted by molar-refractivity contribution is 5.19. The molecule has 0 spiro atoms. The van der Waals surface area contributed by atoms with Gasteiger partial charge in [-0.25, -0.2) is 0 Å². The van der Waals surface area contributed by atoms with Crippen molar-refractivity contribution >= 4 is 0 Å². The Morgan fingerprint density at radius 2 is 1.79 bits per heavy atom. The SMILES string of the molecule is COC(CN(C)CN1COC(c2ccccc2)C1)c1ccccc1. The van der Waals surface area contributed by atoms with Crippen LogP contribution in [0.25, 0.3) is 0 Å². The van der Waals surface area contributed by atoms with Gasteiger partial charge in [0, 0.05) is 20.2 Å². The maximum Gasteiger partial charge on any atom is 0.101 e. The predicted octanol–water partition coefficient (Wildman–Crippen LogP) is 3.29. The van der Waals surface area contributed by atoms with Crippen molar-refractivity contribution in [2.45, 2.75) is 12.2 Å². The van der Waals surface area contributed by atoms with E-state index in [-0.39, 0.29) is 12.2 Å². The lowest BCUT2D eigenvalue weighted by atomic mass is 10.1. The lowest BCUT2D eigenvalue weighted by molar-refractivity contribution is 0.0395. The Morgan fingerprint density at radius 3 is 2.46 bits per heavy atom. The van der Waals surface area contributed by atoms with Crippen molar-refractivity contribution in [2.24, 2.45) is 0 Å². The van der Waals surface area contributed by atoms with Gasteiger partial charge in [0.1, 0.15) is 6.73 Å². The summed E-state index contributed by atoms with van der Waals surface area (Å²) in [5, 5.41) is 0. The van der Waals surface area contributed by atoms with Gasteiger partial charge in [-0.3, -0.25) is 9.80 Å². The lowest BCUT2D eigenvalue weighted by Gasteiger charge is -2.27. The summed E-state index contributed by atoms with van der Waals surface area (Å²) in [6.07, 6.45) is 0.261. The molecule has 1 saturated heterocycles. The molecule has 1 fully saturated rings. The number of benzene rings is 2. The summed E-state index contributed by atoms with van der Waals surface area (Å²) in [6.45, 7) is 3.33. The monoisotopic (exact) mass is 326 g/mol. The highest BCUT2D eigenvalue weighted by Crippen LogP contribution is 2.24. The van der Waals surface area contributed by atoms with Gasteiger partial charge in [-0.05, 0) is 18.2 Å². The fourth-order valence-electron chi connectivity index (χ4n) is 3.17. The summed E-state index contributed by atoms with van der Waals surface area (Å²) in [5.41, 5.74) is 2.47. The Labute approximate surface area is 144 Å². The molecule has 2 unspecified atom stereocenters. The molecule has 0 bridgehead atoms. The second-order valence-corrected chi connectivity index (χ2v) is 6.36. The Morgan fingerprint density at radius 1 is 1.12 bits per heavy atom. The summed E-state index contributed by atoms with van der Waals surface area (Å²) in [4.78, 5) is 4.62. The average Bonchev–Trinajstić information content (AvgIpc) is 3.09. The number of nitrogens with zero attached hydrogens (tertiary/aromatic N) is 2. The molecule has 4 nitrogen and oxygen atoms in total. The van der Waals surface area contributed by atoms with Crippen LogP contribution in [0.3, 0.4) is 0 Å². The van der Waals surface area contributed by atoms with Crippen LogP contribution in [0.2, 0.25) is 0 Å².